The van der Waals surface area contributed by atoms with Crippen LogP contribution in [-0.2, 0) is 10.0 Å². The van der Waals surface area contributed by atoms with Crippen LogP contribution in [0.3, 0.4) is 0 Å². The van der Waals surface area contributed by atoms with Gasteiger partial charge in [-0.2, -0.15) is 0 Å². The molecule has 1 aliphatic rings. The Labute approximate surface area is 215 Å². The van der Waals surface area contributed by atoms with E-state index in [1.807, 2.05) is 19.1 Å². The Morgan fingerprint density at radius 2 is 1.70 bits per heavy atom. The third-order valence-corrected chi connectivity index (χ3v) is 8.22. The van der Waals surface area contributed by atoms with Crippen LogP contribution < -0.4 is 10.0 Å². The van der Waals surface area contributed by atoms with Crippen LogP contribution in [0.15, 0.2) is 78.1 Å². The van der Waals surface area contributed by atoms with Gasteiger partial charge in [-0.3, -0.25) is 9.59 Å². The van der Waals surface area contributed by atoms with Gasteiger partial charge in [-0.05, 0) is 43.5 Å². The maximum atomic E-state index is 13.4. The van der Waals surface area contributed by atoms with Gasteiger partial charge in [-0.25, -0.2) is 18.1 Å². The lowest BCUT2D eigenvalue weighted by molar-refractivity contribution is 0.0705. The number of carbonyl (C=O) groups is 2. The van der Waals surface area contributed by atoms with Gasteiger partial charge < -0.3 is 15.2 Å². The zero-order chi connectivity index (χ0) is 26.0. The average molecular weight is 518 g/mol. The maximum absolute atomic E-state index is 13.4. The van der Waals surface area contributed by atoms with E-state index in [1.54, 1.807) is 53.4 Å². The van der Waals surface area contributed by atoms with Crippen molar-refractivity contribution < 1.29 is 18.0 Å². The summed E-state index contributed by atoms with van der Waals surface area (Å²) in [5.74, 6) is -0.401. The van der Waals surface area contributed by atoms with E-state index in [2.05, 4.69) is 20.0 Å². The van der Waals surface area contributed by atoms with E-state index < -0.39 is 10.0 Å². The minimum Gasteiger partial charge on any atom is -0.341 e. The number of nitrogens with one attached hydrogen (secondary N) is 3. The van der Waals surface area contributed by atoms with Crippen molar-refractivity contribution in [3.8, 4) is 0 Å². The van der Waals surface area contributed by atoms with Crippen LogP contribution in [0.1, 0.15) is 39.3 Å². The van der Waals surface area contributed by atoms with Crippen molar-refractivity contribution in [2.24, 2.45) is 0 Å². The number of likely N-dealkylation sites (tertiary alicyclic amines) is 1. The lowest BCUT2D eigenvalue weighted by Gasteiger charge is -2.32. The van der Waals surface area contributed by atoms with E-state index in [0.29, 0.717) is 53.6 Å². The van der Waals surface area contributed by atoms with Gasteiger partial charge in [0.25, 0.3) is 11.8 Å². The van der Waals surface area contributed by atoms with Crippen LogP contribution in [0, 0.1) is 6.92 Å². The first-order valence-electron chi connectivity index (χ1n) is 12.0. The van der Waals surface area contributed by atoms with Crippen molar-refractivity contribution in [3.63, 3.8) is 0 Å². The number of aryl methyl sites for hydroxylation is 1. The number of imidazole rings is 1. The van der Waals surface area contributed by atoms with Gasteiger partial charge in [0.2, 0.25) is 10.0 Å². The Hall–Kier alpha value is -4.02. The highest BCUT2D eigenvalue weighted by molar-refractivity contribution is 7.89. The first-order chi connectivity index (χ1) is 17.8. The number of aromatic amines is 1. The Kier molecular flexibility index (Phi) is 6.77. The summed E-state index contributed by atoms with van der Waals surface area (Å²) in [6.07, 6.45) is 3.94. The molecule has 3 N–H and O–H groups in total. The molecule has 3 aromatic carbocycles. The van der Waals surface area contributed by atoms with Gasteiger partial charge in [0.15, 0.2) is 0 Å². The van der Waals surface area contributed by atoms with Crippen molar-refractivity contribution >= 4 is 38.3 Å². The predicted molar refractivity (Wildman–Crippen MR) is 141 cm³/mol. The van der Waals surface area contributed by atoms with Gasteiger partial charge in [0.1, 0.15) is 5.69 Å². The van der Waals surface area contributed by atoms with E-state index in [0.717, 1.165) is 5.56 Å². The number of H-pyrrole nitrogens is 1. The predicted octanol–water partition coefficient (Wildman–Crippen LogP) is 3.71. The molecular formula is C27H27N5O4S. The van der Waals surface area contributed by atoms with E-state index in [4.69, 9.17) is 0 Å². The summed E-state index contributed by atoms with van der Waals surface area (Å²) in [6.45, 7) is 2.75. The molecule has 1 saturated heterocycles. The second-order valence-electron chi connectivity index (χ2n) is 9.08. The number of hydrogen-bond acceptors (Lipinski definition) is 5. The van der Waals surface area contributed by atoms with E-state index in [1.165, 1.54) is 12.5 Å². The first kappa shape index (κ1) is 24.7. The second-order valence-corrected chi connectivity index (χ2v) is 10.8. The molecule has 5 rings (SSSR count). The second kappa shape index (κ2) is 10.2. The molecule has 37 heavy (non-hydrogen) atoms. The molecule has 190 valence electrons. The fraction of sp³-hybridized carbons (Fsp3) is 0.222. The summed E-state index contributed by atoms with van der Waals surface area (Å²) in [7, 11) is -3.85. The number of hydrogen-bond donors (Lipinski definition) is 3. The van der Waals surface area contributed by atoms with Crippen molar-refractivity contribution in [2.45, 2.75) is 30.7 Å². The normalized spacial score (nSPS) is 14.6. The van der Waals surface area contributed by atoms with Crippen molar-refractivity contribution in [3.05, 3.63) is 90.0 Å². The summed E-state index contributed by atoms with van der Waals surface area (Å²) >= 11 is 0. The van der Waals surface area contributed by atoms with Crippen molar-refractivity contribution in [1.82, 2.24) is 19.6 Å². The molecule has 2 amide bonds. The lowest BCUT2D eigenvalue weighted by Crippen LogP contribution is -2.46. The van der Waals surface area contributed by atoms with Crippen LogP contribution in [0.4, 0.5) is 5.69 Å². The number of carbonyl (C=O) groups excluding carboxylic acids is 2. The fourth-order valence-corrected chi connectivity index (χ4v) is 6.20. The first-order valence-corrected chi connectivity index (χ1v) is 13.5. The molecule has 2 heterocycles. The number of benzene rings is 3. The molecular weight excluding hydrogens is 490 g/mol. The zero-order valence-corrected chi connectivity index (χ0v) is 21.1. The monoisotopic (exact) mass is 517 g/mol. The van der Waals surface area contributed by atoms with Crippen LogP contribution in [0.5, 0.6) is 0 Å². The Bertz CT molecular complexity index is 1560. The highest BCUT2D eigenvalue weighted by atomic mass is 32.2. The molecule has 10 heteroatoms. The molecule has 0 atom stereocenters. The number of sulfonamides is 1. The number of amides is 2. The van der Waals surface area contributed by atoms with E-state index in [-0.39, 0.29) is 22.8 Å². The van der Waals surface area contributed by atoms with Crippen molar-refractivity contribution in [2.75, 3.05) is 18.4 Å². The third kappa shape index (κ3) is 5.11. The largest absolute Gasteiger partial charge is 0.341 e. The maximum Gasteiger partial charge on any atom is 0.271 e. The highest BCUT2D eigenvalue weighted by Gasteiger charge is 2.28. The number of rotatable bonds is 6. The third-order valence-electron chi connectivity index (χ3n) is 6.64. The van der Waals surface area contributed by atoms with Crippen LogP contribution in [-0.4, -0.2) is 54.2 Å². The van der Waals surface area contributed by atoms with Gasteiger partial charge in [0, 0.05) is 41.2 Å². The van der Waals surface area contributed by atoms with Gasteiger partial charge in [0.05, 0.1) is 17.4 Å². The SMILES string of the molecule is Cc1ccccc1C(=O)Nc1cccc2c(S(=O)(=O)NC3CCN(C(=O)c4cnc[nH]4)CC3)cccc12. The molecule has 0 saturated carbocycles. The van der Waals surface area contributed by atoms with Crippen LogP contribution >= 0.6 is 0 Å². The van der Waals surface area contributed by atoms with E-state index in [9.17, 15) is 18.0 Å². The highest BCUT2D eigenvalue weighted by Crippen LogP contribution is 2.30. The van der Waals surface area contributed by atoms with Crippen LogP contribution in [0.25, 0.3) is 10.8 Å². The minimum absolute atomic E-state index is 0.145. The smallest absolute Gasteiger partial charge is 0.271 e. The molecule has 1 aliphatic heterocycles. The van der Waals surface area contributed by atoms with Gasteiger partial charge >= 0.3 is 0 Å². The molecule has 0 unspecified atom stereocenters. The summed E-state index contributed by atoms with van der Waals surface area (Å²) in [6, 6.07) is 17.3. The fourth-order valence-electron chi connectivity index (χ4n) is 4.67. The molecule has 4 aromatic rings. The summed E-state index contributed by atoms with van der Waals surface area (Å²) in [4.78, 5) is 34.0. The molecule has 0 bridgehead atoms. The number of piperidine rings is 1. The Morgan fingerprint density at radius 3 is 2.43 bits per heavy atom. The number of anilines is 1. The number of nitrogens with zero attached hydrogens (tertiary/aromatic N) is 2. The summed E-state index contributed by atoms with van der Waals surface area (Å²) in [5.41, 5.74) is 2.36. The molecule has 0 spiro atoms. The molecule has 1 aromatic heterocycles. The number of fused-ring (bicyclic) bond motifs is 1. The standard InChI is InChI=1S/C27H27N5O4S/c1-18-6-2-3-7-20(18)26(33)30-23-10-4-9-22-21(23)8-5-11-25(22)37(35,36)31-19-12-14-32(15-13-19)27(34)24-16-28-17-29-24/h2-11,16-17,19,31H,12-15H2,1H3,(H,28,29)(H,30,33). The quantitative estimate of drug-likeness (QED) is 0.360. The summed E-state index contributed by atoms with van der Waals surface area (Å²) in [5, 5.41) is 4.08. The average Bonchev–Trinajstić information content (AvgIpc) is 3.44. The van der Waals surface area contributed by atoms with Crippen LogP contribution in [0.2, 0.25) is 0 Å². The molecule has 9 nitrogen and oxygen atoms in total. The Morgan fingerprint density at radius 1 is 0.973 bits per heavy atom. The lowest BCUT2D eigenvalue weighted by atomic mass is 10.1. The zero-order valence-electron chi connectivity index (χ0n) is 20.3. The molecule has 0 radical (unpaired) electrons. The van der Waals surface area contributed by atoms with E-state index >= 15 is 0 Å². The van der Waals surface area contributed by atoms with Crippen molar-refractivity contribution in [1.29, 1.82) is 0 Å². The topological polar surface area (TPSA) is 124 Å². The van der Waals surface area contributed by atoms with Gasteiger partial charge in [-0.15, -0.1) is 0 Å². The minimum atomic E-state index is -3.85. The molecule has 0 aliphatic carbocycles. The van der Waals surface area contributed by atoms with Gasteiger partial charge in [-0.1, -0.05) is 42.5 Å². The number of aromatic nitrogens is 2. The summed E-state index contributed by atoms with van der Waals surface area (Å²) < 4.78 is 29.7. The Balaban J connectivity index is 1.33. The molecule has 1 fully saturated rings.